The summed E-state index contributed by atoms with van der Waals surface area (Å²) < 4.78 is 14.6. The van der Waals surface area contributed by atoms with Crippen LogP contribution in [0.5, 0.6) is 0 Å². The standard InChI is InChI=1S/C29H37FN4/c1-5-15-33-17-25(30)27(18-33)31-22-13-11-21(12-14-22)29-28-24(16-20(4)34(29)19(3)6-2)23-9-7-8-10-26(23)32-28/h7-14,20,25,27,29,31-32H,3,5-6,15-18H2,1-2,4H3/t20-,25-,27-,29-/m1/s1. The number of para-hydroxylation sites is 1. The van der Waals surface area contributed by atoms with Crippen LogP contribution < -0.4 is 5.32 Å². The molecule has 4 atom stereocenters. The maximum absolute atomic E-state index is 14.6. The molecule has 0 amide bonds. The SMILES string of the molecule is C=C(CC)N1[C@H](c2ccc(N[C@@H]3CN(CCC)C[C@H]3F)cc2)c2[nH]c3ccccc3c2C[C@H]1C. The Hall–Kier alpha value is -2.79. The highest BCUT2D eigenvalue weighted by Crippen LogP contribution is 2.43. The molecule has 0 radical (unpaired) electrons. The predicted molar refractivity (Wildman–Crippen MR) is 140 cm³/mol. The van der Waals surface area contributed by atoms with Crippen LogP contribution in [0, 0.1) is 0 Å². The van der Waals surface area contributed by atoms with E-state index in [1.165, 1.54) is 27.7 Å². The van der Waals surface area contributed by atoms with Crippen LogP contribution in [0.2, 0.25) is 0 Å². The van der Waals surface area contributed by atoms with Gasteiger partial charge in [-0.1, -0.05) is 50.8 Å². The largest absolute Gasteiger partial charge is 0.378 e. The average molecular weight is 461 g/mol. The minimum atomic E-state index is -0.831. The molecule has 3 aromatic rings. The number of H-pyrrole nitrogens is 1. The fourth-order valence-corrected chi connectivity index (χ4v) is 5.92. The van der Waals surface area contributed by atoms with Crippen LogP contribution in [0.3, 0.4) is 0 Å². The molecule has 1 aromatic heterocycles. The van der Waals surface area contributed by atoms with Crippen LogP contribution >= 0.6 is 0 Å². The van der Waals surface area contributed by atoms with Crippen molar-refractivity contribution in [2.75, 3.05) is 25.0 Å². The zero-order valence-electron chi connectivity index (χ0n) is 20.7. The van der Waals surface area contributed by atoms with Crippen molar-refractivity contribution in [2.24, 2.45) is 0 Å². The Kier molecular flexibility index (Phi) is 6.39. The van der Waals surface area contributed by atoms with Crippen LogP contribution in [0.25, 0.3) is 10.9 Å². The third kappa shape index (κ3) is 4.11. The van der Waals surface area contributed by atoms with Crippen molar-refractivity contribution in [3.8, 4) is 0 Å². The van der Waals surface area contributed by atoms with Gasteiger partial charge in [0.15, 0.2) is 0 Å². The lowest BCUT2D eigenvalue weighted by Gasteiger charge is -2.43. The number of nitrogens with one attached hydrogen (secondary N) is 2. The van der Waals surface area contributed by atoms with E-state index in [1.807, 2.05) is 0 Å². The zero-order chi connectivity index (χ0) is 23.8. The monoisotopic (exact) mass is 460 g/mol. The van der Waals surface area contributed by atoms with Gasteiger partial charge in [0.1, 0.15) is 6.17 Å². The first kappa shape index (κ1) is 23.0. The molecular weight excluding hydrogens is 423 g/mol. The molecule has 180 valence electrons. The zero-order valence-corrected chi connectivity index (χ0v) is 20.7. The van der Waals surface area contributed by atoms with Crippen molar-refractivity contribution in [3.63, 3.8) is 0 Å². The molecular formula is C29H37FN4. The lowest BCUT2D eigenvalue weighted by atomic mass is 9.88. The second-order valence-corrected chi connectivity index (χ2v) is 9.99. The normalized spacial score (nSPS) is 25.0. The molecule has 0 saturated carbocycles. The number of benzene rings is 2. The molecule has 1 saturated heterocycles. The molecule has 3 heterocycles. The van der Waals surface area contributed by atoms with Gasteiger partial charge in [0.25, 0.3) is 0 Å². The molecule has 0 spiro atoms. The summed E-state index contributed by atoms with van der Waals surface area (Å²) in [6.45, 7) is 13.3. The molecule has 0 bridgehead atoms. The quantitative estimate of drug-likeness (QED) is 0.436. The summed E-state index contributed by atoms with van der Waals surface area (Å²) in [6, 6.07) is 17.5. The summed E-state index contributed by atoms with van der Waals surface area (Å²) in [5, 5.41) is 4.77. The first-order chi connectivity index (χ1) is 16.5. The molecule has 2 aliphatic heterocycles. The number of allylic oxidation sites excluding steroid dienone is 1. The number of hydrogen-bond acceptors (Lipinski definition) is 3. The van der Waals surface area contributed by atoms with E-state index in [1.54, 1.807) is 0 Å². The van der Waals surface area contributed by atoms with Crippen LogP contribution in [0.1, 0.15) is 56.5 Å². The minimum Gasteiger partial charge on any atom is -0.378 e. The first-order valence-electron chi connectivity index (χ1n) is 12.8. The van der Waals surface area contributed by atoms with Crippen LogP contribution in [-0.2, 0) is 6.42 Å². The third-order valence-electron chi connectivity index (χ3n) is 7.59. The highest BCUT2D eigenvalue weighted by Gasteiger charge is 2.36. The lowest BCUT2D eigenvalue weighted by molar-refractivity contribution is 0.196. The van der Waals surface area contributed by atoms with E-state index < -0.39 is 6.17 Å². The highest BCUT2D eigenvalue weighted by atomic mass is 19.1. The Balaban J connectivity index is 1.46. The van der Waals surface area contributed by atoms with E-state index >= 15 is 0 Å². The molecule has 5 heteroatoms. The van der Waals surface area contributed by atoms with Gasteiger partial charge in [-0.3, -0.25) is 4.90 Å². The summed E-state index contributed by atoms with van der Waals surface area (Å²) in [7, 11) is 0. The van der Waals surface area contributed by atoms with E-state index in [0.717, 1.165) is 43.7 Å². The molecule has 2 N–H and O–H groups in total. The lowest BCUT2D eigenvalue weighted by Crippen LogP contribution is -2.41. The van der Waals surface area contributed by atoms with Gasteiger partial charge in [0, 0.05) is 47.1 Å². The second-order valence-electron chi connectivity index (χ2n) is 9.99. The van der Waals surface area contributed by atoms with Gasteiger partial charge < -0.3 is 15.2 Å². The fraction of sp³-hybridized carbons (Fsp3) is 0.448. The van der Waals surface area contributed by atoms with Crippen molar-refractivity contribution < 1.29 is 4.39 Å². The number of aromatic nitrogens is 1. The van der Waals surface area contributed by atoms with E-state index in [-0.39, 0.29) is 12.1 Å². The molecule has 2 aromatic carbocycles. The van der Waals surface area contributed by atoms with Gasteiger partial charge in [-0.2, -0.15) is 0 Å². The summed E-state index contributed by atoms with van der Waals surface area (Å²) in [5.74, 6) is 0. The van der Waals surface area contributed by atoms with Gasteiger partial charge in [-0.15, -0.1) is 0 Å². The number of rotatable bonds is 7. The van der Waals surface area contributed by atoms with Crippen LogP contribution in [-0.4, -0.2) is 52.7 Å². The first-order valence-corrected chi connectivity index (χ1v) is 12.8. The van der Waals surface area contributed by atoms with Crippen LogP contribution in [0.4, 0.5) is 10.1 Å². The molecule has 0 aliphatic carbocycles. The smallest absolute Gasteiger partial charge is 0.134 e. The maximum Gasteiger partial charge on any atom is 0.134 e. The predicted octanol–water partition coefficient (Wildman–Crippen LogP) is 6.27. The van der Waals surface area contributed by atoms with E-state index in [9.17, 15) is 4.39 Å². The highest BCUT2D eigenvalue weighted by molar-refractivity contribution is 5.85. The van der Waals surface area contributed by atoms with Gasteiger partial charge >= 0.3 is 0 Å². The Bertz CT molecular complexity index is 1150. The van der Waals surface area contributed by atoms with Crippen molar-refractivity contribution in [3.05, 3.63) is 77.6 Å². The number of anilines is 1. The molecule has 0 unspecified atom stereocenters. The van der Waals surface area contributed by atoms with E-state index in [0.29, 0.717) is 12.6 Å². The topological polar surface area (TPSA) is 34.3 Å². The van der Waals surface area contributed by atoms with Crippen molar-refractivity contribution in [1.29, 1.82) is 0 Å². The number of halogens is 1. The molecule has 2 aliphatic rings. The van der Waals surface area contributed by atoms with Crippen molar-refractivity contribution in [1.82, 2.24) is 14.8 Å². The number of nitrogens with zero attached hydrogens (tertiary/aromatic N) is 2. The van der Waals surface area contributed by atoms with E-state index in [2.05, 4.69) is 96.0 Å². The van der Waals surface area contributed by atoms with Crippen LogP contribution in [0.15, 0.2) is 60.8 Å². The minimum absolute atomic E-state index is 0.0908. The number of likely N-dealkylation sites (tertiary alicyclic amines) is 1. The molecule has 34 heavy (non-hydrogen) atoms. The Labute approximate surface area is 202 Å². The molecule has 1 fully saturated rings. The van der Waals surface area contributed by atoms with Crippen molar-refractivity contribution >= 4 is 16.6 Å². The van der Waals surface area contributed by atoms with Gasteiger partial charge in [-0.25, -0.2) is 4.39 Å². The van der Waals surface area contributed by atoms with Gasteiger partial charge in [-0.05, 0) is 62.1 Å². The van der Waals surface area contributed by atoms with E-state index in [4.69, 9.17) is 0 Å². The third-order valence-corrected chi connectivity index (χ3v) is 7.59. The number of alkyl halides is 1. The fourth-order valence-electron chi connectivity index (χ4n) is 5.92. The molecule has 5 rings (SSSR count). The van der Waals surface area contributed by atoms with Gasteiger partial charge in [0.05, 0.1) is 12.1 Å². The summed E-state index contributed by atoms with van der Waals surface area (Å²) in [6.07, 6.45) is 2.15. The molecule has 4 nitrogen and oxygen atoms in total. The Morgan fingerprint density at radius 2 is 1.88 bits per heavy atom. The Morgan fingerprint density at radius 3 is 2.62 bits per heavy atom. The summed E-state index contributed by atoms with van der Waals surface area (Å²) in [4.78, 5) is 8.43. The van der Waals surface area contributed by atoms with Gasteiger partial charge in [0.2, 0.25) is 0 Å². The number of aromatic amines is 1. The Morgan fingerprint density at radius 1 is 1.12 bits per heavy atom. The number of fused-ring (bicyclic) bond motifs is 3. The maximum atomic E-state index is 14.6. The summed E-state index contributed by atoms with van der Waals surface area (Å²) >= 11 is 0. The number of hydrogen-bond donors (Lipinski definition) is 2. The average Bonchev–Trinajstić information content (AvgIpc) is 3.38. The van der Waals surface area contributed by atoms with Crippen molar-refractivity contribution in [2.45, 2.75) is 64.3 Å². The summed E-state index contributed by atoms with van der Waals surface area (Å²) in [5.41, 5.74) is 7.25. The second kappa shape index (κ2) is 9.46.